The van der Waals surface area contributed by atoms with Crippen molar-refractivity contribution >= 4 is 5.97 Å². The van der Waals surface area contributed by atoms with Crippen LogP contribution in [0.2, 0.25) is 0 Å². The van der Waals surface area contributed by atoms with E-state index in [9.17, 15) is 4.79 Å². The molecule has 0 saturated heterocycles. The molecule has 11 heavy (non-hydrogen) atoms. The van der Waals surface area contributed by atoms with Gasteiger partial charge in [-0.2, -0.15) is 0 Å². The second kappa shape index (κ2) is 2.81. The van der Waals surface area contributed by atoms with E-state index in [2.05, 4.69) is 0 Å². The molecule has 1 aliphatic carbocycles. The molecule has 0 aromatic heterocycles. The van der Waals surface area contributed by atoms with Crippen molar-refractivity contribution in [3.05, 3.63) is 0 Å². The van der Waals surface area contributed by atoms with E-state index in [-0.39, 0.29) is 5.92 Å². The van der Waals surface area contributed by atoms with E-state index < -0.39 is 11.5 Å². The molecule has 0 aliphatic heterocycles. The van der Waals surface area contributed by atoms with Crippen LogP contribution in [0.3, 0.4) is 0 Å². The van der Waals surface area contributed by atoms with Gasteiger partial charge in [0.1, 0.15) is 0 Å². The summed E-state index contributed by atoms with van der Waals surface area (Å²) in [4.78, 5) is 10.7. The number of carboxylic acids is 1. The third kappa shape index (κ3) is 1.71. The second-order valence-corrected chi connectivity index (χ2v) is 3.64. The minimum atomic E-state index is -0.741. The van der Waals surface area contributed by atoms with Gasteiger partial charge in [-0.25, -0.2) is 0 Å². The molecule has 1 aliphatic rings. The molecule has 0 aromatic rings. The zero-order valence-electron chi connectivity index (χ0n) is 6.84. The van der Waals surface area contributed by atoms with Crippen molar-refractivity contribution < 1.29 is 9.90 Å². The Kier molecular flexibility index (Phi) is 2.18. The smallest absolute Gasteiger partial charge is 0.308 e. The molecule has 2 atom stereocenters. The molecule has 0 amide bonds. The fourth-order valence-corrected chi connectivity index (χ4v) is 1.76. The Morgan fingerprint density at radius 2 is 2.27 bits per heavy atom. The van der Waals surface area contributed by atoms with Gasteiger partial charge in [0.15, 0.2) is 0 Å². The molecule has 0 heterocycles. The van der Waals surface area contributed by atoms with Crippen molar-refractivity contribution in [3.8, 4) is 0 Å². The maximum atomic E-state index is 10.7. The summed E-state index contributed by atoms with van der Waals surface area (Å²) >= 11 is 0. The first-order chi connectivity index (χ1) is 5.04. The molecule has 3 nitrogen and oxygen atoms in total. The lowest BCUT2D eigenvalue weighted by molar-refractivity contribution is -0.145. The average molecular weight is 157 g/mol. The van der Waals surface area contributed by atoms with Gasteiger partial charge in [-0.15, -0.1) is 0 Å². The van der Waals surface area contributed by atoms with Crippen LogP contribution in [0, 0.1) is 5.92 Å². The summed E-state index contributed by atoms with van der Waals surface area (Å²) in [7, 11) is 0. The van der Waals surface area contributed by atoms with Crippen molar-refractivity contribution in [2.24, 2.45) is 11.7 Å². The highest BCUT2D eigenvalue weighted by Gasteiger charge is 2.37. The zero-order chi connectivity index (χ0) is 8.48. The van der Waals surface area contributed by atoms with Crippen LogP contribution in [-0.4, -0.2) is 16.6 Å². The van der Waals surface area contributed by atoms with Crippen LogP contribution in [0.5, 0.6) is 0 Å². The van der Waals surface area contributed by atoms with E-state index in [0.717, 1.165) is 25.7 Å². The normalized spacial score (nSPS) is 38.5. The summed E-state index contributed by atoms with van der Waals surface area (Å²) in [5.41, 5.74) is 5.36. The summed E-state index contributed by atoms with van der Waals surface area (Å²) < 4.78 is 0. The largest absolute Gasteiger partial charge is 0.481 e. The third-order valence-corrected chi connectivity index (χ3v) is 2.55. The van der Waals surface area contributed by atoms with Gasteiger partial charge in [0.05, 0.1) is 5.92 Å². The topological polar surface area (TPSA) is 63.3 Å². The van der Waals surface area contributed by atoms with Crippen molar-refractivity contribution in [3.63, 3.8) is 0 Å². The standard InChI is InChI=1S/C8H15NO2/c1-8(9)5-3-2-4-6(8)7(10)11/h6H,2-5,9H2,1H3,(H,10,11)/t6?,8-/m1/s1. The zero-order valence-corrected chi connectivity index (χ0v) is 6.84. The minimum absolute atomic E-state index is 0.337. The van der Waals surface area contributed by atoms with Crippen molar-refractivity contribution in [2.75, 3.05) is 0 Å². The van der Waals surface area contributed by atoms with Gasteiger partial charge in [-0.3, -0.25) is 4.79 Å². The lowest BCUT2D eigenvalue weighted by Crippen LogP contribution is -2.49. The molecule has 1 saturated carbocycles. The number of hydrogen-bond acceptors (Lipinski definition) is 2. The maximum absolute atomic E-state index is 10.7. The van der Waals surface area contributed by atoms with Crippen LogP contribution in [-0.2, 0) is 4.79 Å². The van der Waals surface area contributed by atoms with Gasteiger partial charge in [-0.05, 0) is 19.8 Å². The van der Waals surface area contributed by atoms with E-state index >= 15 is 0 Å². The van der Waals surface area contributed by atoms with E-state index in [1.165, 1.54) is 0 Å². The Morgan fingerprint density at radius 1 is 1.64 bits per heavy atom. The van der Waals surface area contributed by atoms with Crippen LogP contribution in [0.25, 0.3) is 0 Å². The lowest BCUT2D eigenvalue weighted by atomic mass is 9.75. The summed E-state index contributed by atoms with van der Waals surface area (Å²) in [6, 6.07) is 0. The number of hydrogen-bond donors (Lipinski definition) is 2. The highest BCUT2D eigenvalue weighted by Crippen LogP contribution is 2.31. The van der Waals surface area contributed by atoms with E-state index in [1.54, 1.807) is 0 Å². The molecule has 0 radical (unpaired) electrons. The number of nitrogens with two attached hydrogens (primary N) is 1. The van der Waals surface area contributed by atoms with Crippen molar-refractivity contribution in [2.45, 2.75) is 38.1 Å². The highest BCUT2D eigenvalue weighted by molar-refractivity contribution is 5.71. The minimum Gasteiger partial charge on any atom is -0.481 e. The first-order valence-corrected chi connectivity index (χ1v) is 4.06. The first kappa shape index (κ1) is 8.53. The summed E-state index contributed by atoms with van der Waals surface area (Å²) in [6.45, 7) is 1.84. The van der Waals surface area contributed by atoms with Crippen molar-refractivity contribution in [1.29, 1.82) is 0 Å². The van der Waals surface area contributed by atoms with Crippen LogP contribution in [0.15, 0.2) is 0 Å². The van der Waals surface area contributed by atoms with Crippen LogP contribution < -0.4 is 5.73 Å². The molecule has 3 heteroatoms. The Bertz CT molecular complexity index is 165. The molecule has 1 fully saturated rings. The van der Waals surface area contributed by atoms with Gasteiger partial charge >= 0.3 is 5.97 Å². The Labute approximate surface area is 66.6 Å². The average Bonchev–Trinajstić information content (AvgIpc) is 1.85. The fourth-order valence-electron chi connectivity index (χ4n) is 1.76. The van der Waals surface area contributed by atoms with E-state index in [0.29, 0.717) is 0 Å². The van der Waals surface area contributed by atoms with Crippen LogP contribution in [0.4, 0.5) is 0 Å². The third-order valence-electron chi connectivity index (χ3n) is 2.55. The molecular formula is C8H15NO2. The highest BCUT2D eigenvalue weighted by atomic mass is 16.4. The lowest BCUT2D eigenvalue weighted by Gasteiger charge is -2.35. The Hall–Kier alpha value is -0.570. The summed E-state index contributed by atoms with van der Waals surface area (Å²) in [5, 5.41) is 8.79. The Morgan fingerprint density at radius 3 is 2.64 bits per heavy atom. The number of aliphatic carboxylic acids is 1. The predicted octanol–water partition coefficient (Wildman–Crippen LogP) is 0.979. The number of carbonyl (C=O) groups is 1. The van der Waals surface area contributed by atoms with Gasteiger partial charge in [0.2, 0.25) is 0 Å². The first-order valence-electron chi connectivity index (χ1n) is 4.06. The fraction of sp³-hybridized carbons (Fsp3) is 0.875. The SMILES string of the molecule is C[C@@]1(N)CCCCC1C(=O)O. The second-order valence-electron chi connectivity index (χ2n) is 3.64. The maximum Gasteiger partial charge on any atom is 0.308 e. The number of rotatable bonds is 1. The molecule has 0 spiro atoms. The Balaban J connectivity index is 2.67. The molecule has 1 unspecified atom stereocenters. The summed E-state index contributed by atoms with van der Waals surface area (Å²) in [6.07, 6.45) is 3.65. The van der Waals surface area contributed by atoms with Gasteiger partial charge < -0.3 is 10.8 Å². The molecular weight excluding hydrogens is 142 g/mol. The van der Waals surface area contributed by atoms with E-state index in [4.69, 9.17) is 10.8 Å². The quantitative estimate of drug-likeness (QED) is 0.596. The van der Waals surface area contributed by atoms with Crippen molar-refractivity contribution in [1.82, 2.24) is 0 Å². The molecule has 3 N–H and O–H groups in total. The molecule has 0 aromatic carbocycles. The molecule has 0 bridgehead atoms. The van der Waals surface area contributed by atoms with Gasteiger partial charge in [-0.1, -0.05) is 12.8 Å². The molecule has 1 rings (SSSR count). The predicted molar refractivity (Wildman–Crippen MR) is 42.2 cm³/mol. The molecule has 64 valence electrons. The number of carboxylic acid groups (broad SMARTS) is 1. The van der Waals surface area contributed by atoms with Crippen LogP contribution in [0.1, 0.15) is 32.6 Å². The summed E-state index contributed by atoms with van der Waals surface area (Å²) in [5.74, 6) is -1.08. The van der Waals surface area contributed by atoms with Gasteiger partial charge in [0, 0.05) is 5.54 Å². The monoisotopic (exact) mass is 157 g/mol. The van der Waals surface area contributed by atoms with Gasteiger partial charge in [0.25, 0.3) is 0 Å². The van der Waals surface area contributed by atoms with Crippen LogP contribution >= 0.6 is 0 Å². The van der Waals surface area contributed by atoms with E-state index in [1.807, 2.05) is 6.92 Å².